The van der Waals surface area contributed by atoms with E-state index in [9.17, 15) is 13.2 Å². The normalized spacial score (nSPS) is 17.0. The number of hydrogen-bond donors (Lipinski definition) is 2. The van der Waals surface area contributed by atoms with Gasteiger partial charge in [-0.2, -0.15) is 13.2 Å². The number of nitrogens with one attached hydrogen (secondary N) is 2. The molecule has 1 unspecified atom stereocenters. The molecule has 6 nitrogen and oxygen atoms in total. The summed E-state index contributed by atoms with van der Waals surface area (Å²) in [4.78, 5) is 15.3. The predicted octanol–water partition coefficient (Wildman–Crippen LogP) is 3.34. The van der Waals surface area contributed by atoms with Gasteiger partial charge >= 0.3 is 6.18 Å². The standard InChI is InChI=1S/C19H25F3N6.HI/c1-14(19(20,21)22)27-8-10-28(11-9-27)18(23-2)25-13-17-24-12-16(26-17)15-6-4-3-5-7-15;/h3-7,12,14H,8-11,13H2,1-2H3,(H,23,25)(H,24,26);1H. The topological polar surface area (TPSA) is 59.6 Å². The van der Waals surface area contributed by atoms with Crippen molar-refractivity contribution in [2.75, 3.05) is 33.2 Å². The number of aromatic amines is 1. The fraction of sp³-hybridized carbons (Fsp3) is 0.474. The van der Waals surface area contributed by atoms with E-state index in [0.717, 1.165) is 17.1 Å². The Bertz CT molecular complexity index is 785. The molecule has 1 saturated heterocycles. The third-order valence-corrected chi connectivity index (χ3v) is 4.97. The lowest BCUT2D eigenvalue weighted by Crippen LogP contribution is -2.56. The van der Waals surface area contributed by atoms with E-state index in [-0.39, 0.29) is 24.0 Å². The van der Waals surface area contributed by atoms with E-state index in [1.165, 1.54) is 11.8 Å². The second-order valence-electron chi connectivity index (χ2n) is 6.75. The summed E-state index contributed by atoms with van der Waals surface area (Å²) < 4.78 is 38.7. The first-order valence-electron chi connectivity index (χ1n) is 9.24. The number of imidazole rings is 1. The Morgan fingerprint density at radius 2 is 1.86 bits per heavy atom. The molecular weight excluding hydrogens is 496 g/mol. The van der Waals surface area contributed by atoms with Gasteiger partial charge in [0, 0.05) is 33.2 Å². The second-order valence-corrected chi connectivity index (χ2v) is 6.75. The number of aromatic nitrogens is 2. The van der Waals surface area contributed by atoms with Crippen LogP contribution in [-0.2, 0) is 6.54 Å². The zero-order valence-corrected chi connectivity index (χ0v) is 18.7. The van der Waals surface area contributed by atoms with Gasteiger partial charge in [0.1, 0.15) is 11.9 Å². The molecule has 1 atom stereocenters. The van der Waals surface area contributed by atoms with Gasteiger partial charge in [-0.3, -0.25) is 9.89 Å². The van der Waals surface area contributed by atoms with E-state index in [0.29, 0.717) is 38.7 Å². The Kier molecular flexibility index (Phi) is 8.32. The van der Waals surface area contributed by atoms with E-state index in [4.69, 9.17) is 0 Å². The maximum atomic E-state index is 12.9. The molecule has 2 aromatic rings. The molecule has 2 N–H and O–H groups in total. The van der Waals surface area contributed by atoms with Crippen molar-refractivity contribution in [1.29, 1.82) is 0 Å². The van der Waals surface area contributed by atoms with Gasteiger partial charge < -0.3 is 15.2 Å². The molecular formula is C19H26F3IN6. The van der Waals surface area contributed by atoms with Crippen molar-refractivity contribution in [3.8, 4) is 11.3 Å². The molecule has 0 saturated carbocycles. The SMILES string of the molecule is CN=C(NCc1ncc(-c2ccccc2)[nH]1)N1CCN(C(C)C(F)(F)F)CC1.I. The minimum Gasteiger partial charge on any atom is -0.349 e. The number of halogens is 4. The van der Waals surface area contributed by atoms with Crippen LogP contribution in [0.1, 0.15) is 12.7 Å². The number of piperazine rings is 1. The van der Waals surface area contributed by atoms with E-state index < -0.39 is 12.2 Å². The van der Waals surface area contributed by atoms with Crippen molar-refractivity contribution < 1.29 is 13.2 Å². The van der Waals surface area contributed by atoms with Crippen LogP contribution < -0.4 is 5.32 Å². The highest BCUT2D eigenvalue weighted by Crippen LogP contribution is 2.25. The Morgan fingerprint density at radius 3 is 2.45 bits per heavy atom. The first-order chi connectivity index (χ1) is 13.4. The summed E-state index contributed by atoms with van der Waals surface area (Å²) >= 11 is 0. The summed E-state index contributed by atoms with van der Waals surface area (Å²) in [7, 11) is 1.67. The quantitative estimate of drug-likeness (QED) is 0.368. The van der Waals surface area contributed by atoms with E-state index >= 15 is 0 Å². The fourth-order valence-electron chi connectivity index (χ4n) is 3.24. The molecule has 2 heterocycles. The van der Waals surface area contributed by atoms with Crippen molar-refractivity contribution in [2.45, 2.75) is 25.7 Å². The summed E-state index contributed by atoms with van der Waals surface area (Å²) in [5.41, 5.74) is 1.99. The van der Waals surface area contributed by atoms with Crippen molar-refractivity contribution in [2.24, 2.45) is 4.99 Å². The van der Waals surface area contributed by atoms with Crippen LogP contribution in [0.15, 0.2) is 41.5 Å². The highest BCUT2D eigenvalue weighted by atomic mass is 127. The molecule has 0 radical (unpaired) electrons. The Morgan fingerprint density at radius 1 is 1.21 bits per heavy atom. The molecule has 0 aliphatic carbocycles. The molecule has 29 heavy (non-hydrogen) atoms. The average molecular weight is 522 g/mol. The molecule has 1 aliphatic rings. The van der Waals surface area contributed by atoms with Crippen molar-refractivity contribution in [3.63, 3.8) is 0 Å². The first kappa shape index (κ1) is 23.5. The van der Waals surface area contributed by atoms with Crippen LogP contribution in [0.3, 0.4) is 0 Å². The van der Waals surface area contributed by atoms with Gasteiger partial charge in [-0.15, -0.1) is 24.0 Å². The third-order valence-electron chi connectivity index (χ3n) is 4.97. The Balaban J connectivity index is 0.00000300. The summed E-state index contributed by atoms with van der Waals surface area (Å²) in [5, 5.41) is 3.24. The van der Waals surface area contributed by atoms with Crippen molar-refractivity contribution >= 4 is 29.9 Å². The van der Waals surface area contributed by atoms with Crippen LogP contribution in [0.25, 0.3) is 11.3 Å². The monoisotopic (exact) mass is 522 g/mol. The number of H-pyrrole nitrogens is 1. The highest BCUT2D eigenvalue weighted by Gasteiger charge is 2.41. The summed E-state index contributed by atoms with van der Waals surface area (Å²) in [6.07, 6.45) is -2.41. The third kappa shape index (κ3) is 6.08. The molecule has 1 aliphatic heterocycles. The largest absolute Gasteiger partial charge is 0.403 e. The van der Waals surface area contributed by atoms with E-state index in [1.807, 2.05) is 35.2 Å². The maximum absolute atomic E-state index is 12.9. The fourth-order valence-corrected chi connectivity index (χ4v) is 3.24. The molecule has 0 amide bonds. The molecule has 1 aromatic carbocycles. The van der Waals surface area contributed by atoms with Gasteiger partial charge in [-0.05, 0) is 12.5 Å². The minimum atomic E-state index is -4.20. The number of hydrogen-bond acceptors (Lipinski definition) is 3. The van der Waals surface area contributed by atoms with Crippen molar-refractivity contribution in [3.05, 3.63) is 42.4 Å². The van der Waals surface area contributed by atoms with Gasteiger partial charge in [0.05, 0.1) is 18.4 Å². The Hall–Kier alpha value is -1.82. The molecule has 1 aromatic heterocycles. The minimum absolute atomic E-state index is 0. The lowest BCUT2D eigenvalue weighted by atomic mass is 10.2. The van der Waals surface area contributed by atoms with Gasteiger partial charge in [0.15, 0.2) is 5.96 Å². The highest BCUT2D eigenvalue weighted by molar-refractivity contribution is 14.0. The molecule has 0 spiro atoms. The Labute approximate surface area is 185 Å². The summed E-state index contributed by atoms with van der Waals surface area (Å²) in [6.45, 7) is 3.35. The van der Waals surface area contributed by atoms with Crippen LogP contribution in [0, 0.1) is 0 Å². The predicted molar refractivity (Wildman–Crippen MR) is 118 cm³/mol. The molecule has 0 bridgehead atoms. The smallest absolute Gasteiger partial charge is 0.349 e. The van der Waals surface area contributed by atoms with Crippen LogP contribution in [0.4, 0.5) is 13.2 Å². The molecule has 10 heteroatoms. The summed E-state index contributed by atoms with van der Waals surface area (Å²) in [5.74, 6) is 1.43. The number of benzene rings is 1. The summed E-state index contributed by atoms with van der Waals surface area (Å²) in [6, 6.07) is 8.48. The van der Waals surface area contributed by atoms with Crippen molar-refractivity contribution in [1.82, 2.24) is 25.1 Å². The van der Waals surface area contributed by atoms with Crippen LogP contribution >= 0.6 is 24.0 Å². The first-order valence-corrected chi connectivity index (χ1v) is 9.24. The van der Waals surface area contributed by atoms with Gasteiger partial charge in [-0.25, -0.2) is 4.98 Å². The number of guanidine groups is 1. The van der Waals surface area contributed by atoms with Crippen LogP contribution in [0.2, 0.25) is 0 Å². The number of rotatable bonds is 4. The number of nitrogens with zero attached hydrogens (tertiary/aromatic N) is 4. The second kappa shape index (κ2) is 10.3. The van der Waals surface area contributed by atoms with Crippen LogP contribution in [0.5, 0.6) is 0 Å². The number of alkyl halides is 3. The van der Waals surface area contributed by atoms with E-state index in [1.54, 1.807) is 13.2 Å². The maximum Gasteiger partial charge on any atom is 0.403 e. The molecule has 160 valence electrons. The number of aliphatic imine (C=N–C) groups is 1. The lowest BCUT2D eigenvalue weighted by molar-refractivity contribution is -0.181. The average Bonchev–Trinajstić information content (AvgIpc) is 3.17. The van der Waals surface area contributed by atoms with Gasteiger partial charge in [0.2, 0.25) is 0 Å². The zero-order chi connectivity index (χ0) is 20.1. The lowest BCUT2D eigenvalue weighted by Gasteiger charge is -2.39. The van der Waals surface area contributed by atoms with E-state index in [2.05, 4.69) is 20.3 Å². The van der Waals surface area contributed by atoms with Gasteiger partial charge in [-0.1, -0.05) is 30.3 Å². The molecule has 1 fully saturated rings. The zero-order valence-electron chi connectivity index (χ0n) is 16.4. The molecule has 3 rings (SSSR count). The van der Waals surface area contributed by atoms with Gasteiger partial charge in [0.25, 0.3) is 0 Å². The van der Waals surface area contributed by atoms with Crippen LogP contribution in [-0.4, -0.2) is 71.2 Å².